The van der Waals surface area contributed by atoms with Crippen LogP contribution in [0.25, 0.3) is 10.2 Å². The van der Waals surface area contributed by atoms with Crippen molar-refractivity contribution in [2.75, 3.05) is 32.9 Å². The molecular formula is C17H21FN4O2S. The van der Waals surface area contributed by atoms with Crippen LogP contribution in [-0.2, 0) is 16.0 Å². The Morgan fingerprint density at radius 1 is 1.32 bits per heavy atom. The first-order valence-corrected chi connectivity index (χ1v) is 9.11. The average molecular weight is 364 g/mol. The van der Waals surface area contributed by atoms with E-state index in [1.54, 1.807) is 11.3 Å². The fraction of sp³-hybridized carbons (Fsp3) is 0.471. The highest BCUT2D eigenvalue weighted by Gasteiger charge is 2.33. The van der Waals surface area contributed by atoms with Gasteiger partial charge in [-0.15, -0.1) is 11.3 Å². The van der Waals surface area contributed by atoms with E-state index in [2.05, 4.69) is 4.98 Å². The second kappa shape index (κ2) is 7.88. The lowest BCUT2D eigenvalue weighted by molar-refractivity contribution is -0.142. The van der Waals surface area contributed by atoms with Crippen LogP contribution in [0, 0.1) is 0 Å². The normalized spacial score (nSPS) is 18.6. The molecular weight excluding hydrogens is 343 g/mol. The van der Waals surface area contributed by atoms with Gasteiger partial charge in [-0.2, -0.15) is 0 Å². The van der Waals surface area contributed by atoms with Crippen molar-refractivity contribution in [3.8, 4) is 0 Å². The van der Waals surface area contributed by atoms with Gasteiger partial charge in [0.2, 0.25) is 11.8 Å². The lowest BCUT2D eigenvalue weighted by Crippen LogP contribution is -2.60. The first-order chi connectivity index (χ1) is 12.1. The van der Waals surface area contributed by atoms with Crippen molar-refractivity contribution in [3.05, 3.63) is 29.3 Å². The van der Waals surface area contributed by atoms with Crippen molar-refractivity contribution in [2.45, 2.75) is 18.9 Å². The van der Waals surface area contributed by atoms with E-state index < -0.39 is 18.6 Å². The van der Waals surface area contributed by atoms with Crippen LogP contribution < -0.4 is 5.73 Å². The second-order valence-corrected chi connectivity index (χ2v) is 7.19. The Balaban J connectivity index is 1.62. The van der Waals surface area contributed by atoms with E-state index in [0.29, 0.717) is 26.1 Å². The summed E-state index contributed by atoms with van der Waals surface area (Å²) in [5.74, 6) is -0.653. The fourth-order valence-corrected chi connectivity index (χ4v) is 4.06. The van der Waals surface area contributed by atoms with Crippen LogP contribution in [0.4, 0.5) is 4.39 Å². The molecule has 1 atom stereocenters. The van der Waals surface area contributed by atoms with Gasteiger partial charge in [-0.1, -0.05) is 12.1 Å². The smallest absolute Gasteiger partial charge is 0.241 e. The number of aryl methyl sites for hydroxylation is 1. The van der Waals surface area contributed by atoms with Gasteiger partial charge >= 0.3 is 0 Å². The maximum absolute atomic E-state index is 12.6. The molecule has 1 aromatic carbocycles. The number of thiazole rings is 1. The highest BCUT2D eigenvalue weighted by Crippen LogP contribution is 2.23. The van der Waals surface area contributed by atoms with Gasteiger partial charge in [0.15, 0.2) is 0 Å². The minimum absolute atomic E-state index is 0.108. The highest BCUT2D eigenvalue weighted by atomic mass is 32.1. The molecule has 2 heterocycles. The Kier molecular flexibility index (Phi) is 5.60. The number of alkyl halides is 1. The summed E-state index contributed by atoms with van der Waals surface area (Å²) in [4.78, 5) is 32.2. The molecule has 1 unspecified atom stereocenters. The molecule has 1 saturated heterocycles. The maximum atomic E-state index is 12.6. The highest BCUT2D eigenvalue weighted by molar-refractivity contribution is 7.18. The van der Waals surface area contributed by atoms with E-state index in [4.69, 9.17) is 5.73 Å². The van der Waals surface area contributed by atoms with Crippen molar-refractivity contribution in [1.82, 2.24) is 14.8 Å². The molecule has 1 aliphatic heterocycles. The molecule has 0 bridgehead atoms. The van der Waals surface area contributed by atoms with Gasteiger partial charge in [0.05, 0.1) is 15.2 Å². The Morgan fingerprint density at radius 3 is 2.84 bits per heavy atom. The Hall–Kier alpha value is -2.06. The van der Waals surface area contributed by atoms with E-state index in [1.165, 1.54) is 4.90 Å². The molecule has 3 rings (SSSR count). The zero-order valence-corrected chi connectivity index (χ0v) is 14.7. The Labute approximate surface area is 149 Å². The number of rotatable bonds is 6. The summed E-state index contributed by atoms with van der Waals surface area (Å²) in [6.07, 6.45) is 0.821. The monoisotopic (exact) mass is 364 g/mol. The fourth-order valence-electron chi connectivity index (χ4n) is 3.09. The molecule has 1 aromatic heterocycles. The number of halogens is 1. The molecule has 8 heteroatoms. The van der Waals surface area contributed by atoms with Crippen molar-refractivity contribution >= 4 is 33.4 Å². The minimum atomic E-state index is -0.692. The van der Waals surface area contributed by atoms with Crippen LogP contribution in [-0.4, -0.2) is 65.5 Å². The number of carbonyl (C=O) groups is 2. The van der Waals surface area contributed by atoms with Gasteiger partial charge in [0, 0.05) is 39.0 Å². The molecule has 6 nitrogen and oxygen atoms in total. The SMILES string of the molecule is NC(=O)C1CN(CCF)CCN1C(=O)CCc1nc2ccccc2s1. The number of carbonyl (C=O) groups excluding carboxylic acids is 2. The number of amides is 2. The van der Waals surface area contributed by atoms with Crippen molar-refractivity contribution < 1.29 is 14.0 Å². The summed E-state index contributed by atoms with van der Waals surface area (Å²) in [7, 11) is 0. The molecule has 0 aliphatic carbocycles. The molecule has 0 spiro atoms. The molecule has 2 aromatic rings. The largest absolute Gasteiger partial charge is 0.368 e. The van der Waals surface area contributed by atoms with Crippen molar-refractivity contribution in [2.24, 2.45) is 5.73 Å². The summed E-state index contributed by atoms with van der Waals surface area (Å²) >= 11 is 1.58. The summed E-state index contributed by atoms with van der Waals surface area (Å²) in [6.45, 7) is 1.04. The maximum Gasteiger partial charge on any atom is 0.241 e. The number of nitrogens with zero attached hydrogens (tertiary/aromatic N) is 3. The molecule has 0 radical (unpaired) electrons. The topological polar surface area (TPSA) is 79.5 Å². The molecule has 1 fully saturated rings. The number of hydrogen-bond donors (Lipinski definition) is 1. The van der Waals surface area contributed by atoms with Gasteiger partial charge in [0.1, 0.15) is 12.7 Å². The molecule has 134 valence electrons. The van der Waals surface area contributed by atoms with E-state index in [1.807, 2.05) is 29.2 Å². The number of primary amides is 1. The summed E-state index contributed by atoms with van der Waals surface area (Å²) in [5, 5.41) is 0.904. The zero-order valence-electron chi connectivity index (χ0n) is 13.9. The van der Waals surface area contributed by atoms with Gasteiger partial charge < -0.3 is 10.6 Å². The number of fused-ring (bicyclic) bond motifs is 1. The van der Waals surface area contributed by atoms with E-state index in [-0.39, 0.29) is 18.9 Å². The molecule has 0 saturated carbocycles. The number of hydrogen-bond acceptors (Lipinski definition) is 5. The minimum Gasteiger partial charge on any atom is -0.368 e. The third-order valence-electron chi connectivity index (χ3n) is 4.40. The van der Waals surface area contributed by atoms with Gasteiger partial charge in [-0.3, -0.25) is 14.5 Å². The Morgan fingerprint density at radius 2 is 2.12 bits per heavy atom. The number of aromatic nitrogens is 1. The number of piperazine rings is 1. The molecule has 2 N–H and O–H groups in total. The molecule has 2 amide bonds. The summed E-state index contributed by atoms with van der Waals surface area (Å²) in [6, 6.07) is 7.16. The summed E-state index contributed by atoms with van der Waals surface area (Å²) in [5.41, 5.74) is 6.38. The average Bonchev–Trinajstić information content (AvgIpc) is 3.03. The third-order valence-corrected chi connectivity index (χ3v) is 5.50. The standard InChI is InChI=1S/C17H21FN4O2S/c18-7-8-21-9-10-22(13(11-21)17(19)24)16(23)6-5-15-20-12-3-1-2-4-14(12)25-15/h1-4,13H,5-11H2,(H2,19,24). The number of benzene rings is 1. The summed E-state index contributed by atoms with van der Waals surface area (Å²) < 4.78 is 13.6. The van der Waals surface area contributed by atoms with Crippen LogP contribution in [0.5, 0.6) is 0 Å². The number of para-hydroxylation sites is 1. The van der Waals surface area contributed by atoms with Crippen LogP contribution in [0.2, 0.25) is 0 Å². The quantitative estimate of drug-likeness (QED) is 0.835. The van der Waals surface area contributed by atoms with Crippen molar-refractivity contribution in [1.29, 1.82) is 0 Å². The van der Waals surface area contributed by atoms with Crippen LogP contribution in [0.1, 0.15) is 11.4 Å². The lowest BCUT2D eigenvalue weighted by atomic mass is 10.1. The third kappa shape index (κ3) is 4.13. The predicted molar refractivity (Wildman–Crippen MR) is 95.1 cm³/mol. The first kappa shape index (κ1) is 17.8. The van der Waals surface area contributed by atoms with Crippen LogP contribution >= 0.6 is 11.3 Å². The van der Waals surface area contributed by atoms with Crippen molar-refractivity contribution in [3.63, 3.8) is 0 Å². The molecule has 1 aliphatic rings. The zero-order chi connectivity index (χ0) is 17.8. The first-order valence-electron chi connectivity index (χ1n) is 8.30. The predicted octanol–water partition coefficient (Wildman–Crippen LogP) is 1.20. The molecule has 25 heavy (non-hydrogen) atoms. The number of nitrogens with two attached hydrogens (primary N) is 1. The lowest BCUT2D eigenvalue weighted by Gasteiger charge is -2.39. The van der Waals surface area contributed by atoms with E-state index >= 15 is 0 Å². The van der Waals surface area contributed by atoms with E-state index in [9.17, 15) is 14.0 Å². The van der Waals surface area contributed by atoms with Crippen LogP contribution in [0.3, 0.4) is 0 Å². The van der Waals surface area contributed by atoms with Gasteiger partial charge in [0.25, 0.3) is 0 Å². The Bertz CT molecular complexity index is 733. The van der Waals surface area contributed by atoms with Gasteiger partial charge in [-0.05, 0) is 12.1 Å². The second-order valence-electron chi connectivity index (χ2n) is 6.07. The van der Waals surface area contributed by atoms with Crippen LogP contribution in [0.15, 0.2) is 24.3 Å². The van der Waals surface area contributed by atoms with E-state index in [0.717, 1.165) is 15.2 Å². The van der Waals surface area contributed by atoms with Gasteiger partial charge in [-0.25, -0.2) is 9.37 Å².